The molecule has 0 bridgehead atoms. The summed E-state index contributed by atoms with van der Waals surface area (Å²) < 4.78 is 0. The number of benzene rings is 9. The maximum Gasteiger partial charge on any atom is 0.187 e. The molecule has 0 unspecified atom stereocenters. The van der Waals surface area contributed by atoms with E-state index in [-0.39, 0.29) is 0 Å². The number of rotatable bonds is 6. The highest BCUT2D eigenvalue weighted by Crippen LogP contribution is 2.42. The van der Waals surface area contributed by atoms with Gasteiger partial charge < -0.3 is 0 Å². The van der Waals surface area contributed by atoms with Crippen LogP contribution in [0.15, 0.2) is 194 Å². The highest BCUT2D eigenvalue weighted by Gasteiger charge is 2.16. The van der Waals surface area contributed by atoms with Gasteiger partial charge in [0.05, 0.1) is 6.57 Å². The third-order valence-corrected chi connectivity index (χ3v) is 10.5. The Morgan fingerprint density at radius 3 is 1.20 bits per heavy atom. The van der Waals surface area contributed by atoms with Crippen LogP contribution in [-0.2, 0) is 0 Å². The van der Waals surface area contributed by atoms with E-state index in [1.165, 1.54) is 37.9 Å². The predicted octanol–water partition coefficient (Wildman–Crippen LogP) is 13.9. The Hall–Kier alpha value is -7.74. The van der Waals surface area contributed by atoms with Crippen molar-refractivity contribution < 1.29 is 0 Å². The standard InChI is InChI=1S/C52H32N4/c1-53-41-28-26-34(27-29-41)46-32-48-45-25-11-9-23-43(45)47(33-49(48)44-24-10-8-22-42(44)46)39-20-12-18-37(30-39)38-19-13-21-40(31-38)52-55-50(35-14-4-2-5-15-35)54-51(56-52)36-16-6-3-7-17-36/h2-33H. The molecule has 10 aromatic rings. The molecule has 0 aliphatic heterocycles. The monoisotopic (exact) mass is 712 g/mol. The van der Waals surface area contributed by atoms with Crippen LogP contribution in [0.5, 0.6) is 0 Å². The maximum atomic E-state index is 7.43. The summed E-state index contributed by atoms with van der Waals surface area (Å²) in [6.07, 6.45) is 0. The summed E-state index contributed by atoms with van der Waals surface area (Å²) in [7, 11) is 0. The van der Waals surface area contributed by atoms with Crippen molar-refractivity contribution in [2.45, 2.75) is 0 Å². The van der Waals surface area contributed by atoms with Crippen molar-refractivity contribution in [3.8, 4) is 67.5 Å². The molecule has 1 aromatic heterocycles. The zero-order valence-corrected chi connectivity index (χ0v) is 30.3. The van der Waals surface area contributed by atoms with Crippen LogP contribution < -0.4 is 0 Å². The van der Waals surface area contributed by atoms with Crippen LogP contribution in [0.2, 0.25) is 0 Å². The van der Waals surface area contributed by atoms with Crippen molar-refractivity contribution in [1.82, 2.24) is 15.0 Å². The van der Waals surface area contributed by atoms with Gasteiger partial charge >= 0.3 is 0 Å². The second-order valence-electron chi connectivity index (χ2n) is 13.9. The molecule has 0 aliphatic rings. The van der Waals surface area contributed by atoms with Gasteiger partial charge in [-0.1, -0.05) is 170 Å². The second-order valence-corrected chi connectivity index (χ2v) is 13.9. The van der Waals surface area contributed by atoms with Gasteiger partial charge in [0.25, 0.3) is 0 Å². The predicted molar refractivity (Wildman–Crippen MR) is 231 cm³/mol. The Balaban J connectivity index is 1.10. The lowest BCUT2D eigenvalue weighted by atomic mass is 9.87. The molecule has 260 valence electrons. The lowest BCUT2D eigenvalue weighted by Crippen LogP contribution is -2.00. The maximum absolute atomic E-state index is 7.43. The Morgan fingerprint density at radius 2 is 0.679 bits per heavy atom. The van der Waals surface area contributed by atoms with Crippen molar-refractivity contribution in [1.29, 1.82) is 0 Å². The number of fused-ring (bicyclic) bond motifs is 5. The number of hydrogen-bond acceptors (Lipinski definition) is 3. The molecule has 4 heteroatoms. The molecule has 0 N–H and O–H groups in total. The first kappa shape index (κ1) is 32.9. The molecule has 56 heavy (non-hydrogen) atoms. The van der Waals surface area contributed by atoms with E-state index in [4.69, 9.17) is 21.5 Å². The summed E-state index contributed by atoms with van der Waals surface area (Å²) in [5, 5.41) is 7.21. The average Bonchev–Trinajstić information content (AvgIpc) is 3.29. The van der Waals surface area contributed by atoms with Crippen LogP contribution in [0.3, 0.4) is 0 Å². The van der Waals surface area contributed by atoms with Crippen molar-refractivity contribution >= 4 is 38.0 Å². The van der Waals surface area contributed by atoms with Gasteiger partial charge in [0.2, 0.25) is 0 Å². The van der Waals surface area contributed by atoms with Crippen LogP contribution in [0.25, 0.3) is 105 Å². The number of nitrogens with zero attached hydrogens (tertiary/aromatic N) is 4. The van der Waals surface area contributed by atoms with Gasteiger partial charge in [-0.05, 0) is 90.0 Å². The van der Waals surface area contributed by atoms with E-state index in [0.29, 0.717) is 23.2 Å². The van der Waals surface area contributed by atoms with E-state index in [0.717, 1.165) is 44.5 Å². The molecule has 9 aromatic carbocycles. The topological polar surface area (TPSA) is 43.0 Å². The third kappa shape index (κ3) is 5.94. The molecule has 0 radical (unpaired) electrons. The lowest BCUT2D eigenvalue weighted by molar-refractivity contribution is 1.07. The molecular formula is C52H32N4. The first-order valence-electron chi connectivity index (χ1n) is 18.6. The number of aromatic nitrogens is 3. The fourth-order valence-electron chi connectivity index (χ4n) is 7.79. The normalized spacial score (nSPS) is 11.2. The quantitative estimate of drug-likeness (QED) is 0.127. The summed E-state index contributed by atoms with van der Waals surface area (Å²) in [4.78, 5) is 18.5. The molecule has 0 amide bonds. The summed E-state index contributed by atoms with van der Waals surface area (Å²) >= 11 is 0. The van der Waals surface area contributed by atoms with Gasteiger partial charge in [0.1, 0.15) is 0 Å². The summed E-state index contributed by atoms with van der Waals surface area (Å²) in [6, 6.07) is 67.4. The molecule has 0 aliphatic carbocycles. The Bertz CT molecular complexity index is 3070. The first-order valence-corrected chi connectivity index (χ1v) is 18.6. The highest BCUT2D eigenvalue weighted by molar-refractivity contribution is 6.23. The minimum absolute atomic E-state index is 0.629. The Labute approximate surface area is 324 Å². The smallest absolute Gasteiger partial charge is 0.187 e. The molecular weight excluding hydrogens is 681 g/mol. The van der Waals surface area contributed by atoms with E-state index in [1.54, 1.807) is 0 Å². The first-order chi connectivity index (χ1) is 27.7. The van der Waals surface area contributed by atoms with Crippen molar-refractivity contribution in [3.63, 3.8) is 0 Å². The zero-order chi connectivity index (χ0) is 37.4. The SMILES string of the molecule is [C-]#[N+]c1ccc(-c2cc3c4ccccc4c(-c4cccc(-c5cccc(-c6nc(-c7ccccc7)nc(-c7ccccc7)n6)c5)c4)cc3c3ccccc23)cc1. The van der Waals surface area contributed by atoms with Crippen molar-refractivity contribution in [2.24, 2.45) is 0 Å². The van der Waals surface area contributed by atoms with Gasteiger partial charge in [0, 0.05) is 16.7 Å². The molecule has 4 nitrogen and oxygen atoms in total. The lowest BCUT2D eigenvalue weighted by Gasteiger charge is -2.16. The average molecular weight is 713 g/mol. The van der Waals surface area contributed by atoms with Crippen molar-refractivity contribution in [3.05, 3.63) is 206 Å². The molecule has 0 fully saturated rings. The summed E-state index contributed by atoms with van der Waals surface area (Å²) in [6.45, 7) is 7.43. The fourth-order valence-corrected chi connectivity index (χ4v) is 7.79. The summed E-state index contributed by atoms with van der Waals surface area (Å²) in [5.74, 6) is 1.91. The molecule has 10 rings (SSSR count). The van der Waals surface area contributed by atoms with Crippen LogP contribution in [0.4, 0.5) is 5.69 Å². The molecule has 0 saturated heterocycles. The zero-order valence-electron chi connectivity index (χ0n) is 30.3. The van der Waals surface area contributed by atoms with E-state index in [1.807, 2.05) is 72.8 Å². The number of hydrogen-bond donors (Lipinski definition) is 0. The van der Waals surface area contributed by atoms with Crippen LogP contribution in [0.1, 0.15) is 0 Å². The van der Waals surface area contributed by atoms with Crippen LogP contribution in [0, 0.1) is 6.57 Å². The van der Waals surface area contributed by atoms with Gasteiger partial charge in [0.15, 0.2) is 23.2 Å². The van der Waals surface area contributed by atoms with Crippen molar-refractivity contribution in [2.75, 3.05) is 0 Å². The summed E-state index contributed by atoms with van der Waals surface area (Å²) in [5.41, 5.74) is 10.2. The van der Waals surface area contributed by atoms with Crippen LogP contribution >= 0.6 is 0 Å². The van der Waals surface area contributed by atoms with Gasteiger partial charge in [-0.15, -0.1) is 0 Å². The second kappa shape index (κ2) is 13.9. The Kier molecular flexibility index (Phi) is 8.17. The van der Waals surface area contributed by atoms with E-state index >= 15 is 0 Å². The third-order valence-electron chi connectivity index (χ3n) is 10.5. The fraction of sp³-hybridized carbons (Fsp3) is 0. The van der Waals surface area contributed by atoms with E-state index in [9.17, 15) is 0 Å². The molecule has 0 spiro atoms. The minimum Gasteiger partial charge on any atom is -0.238 e. The van der Waals surface area contributed by atoms with Gasteiger partial charge in [-0.2, -0.15) is 0 Å². The largest absolute Gasteiger partial charge is 0.238 e. The van der Waals surface area contributed by atoms with E-state index in [2.05, 4.69) is 126 Å². The molecule has 0 saturated carbocycles. The van der Waals surface area contributed by atoms with E-state index < -0.39 is 0 Å². The minimum atomic E-state index is 0.629. The Morgan fingerprint density at radius 1 is 0.286 bits per heavy atom. The van der Waals surface area contributed by atoms with Gasteiger partial charge in [-0.25, -0.2) is 19.8 Å². The van der Waals surface area contributed by atoms with Gasteiger partial charge in [-0.3, -0.25) is 0 Å². The van der Waals surface area contributed by atoms with Crippen LogP contribution in [-0.4, -0.2) is 15.0 Å². The molecule has 1 heterocycles. The highest BCUT2D eigenvalue weighted by atomic mass is 15.0. The molecule has 0 atom stereocenters.